The van der Waals surface area contributed by atoms with Crippen LogP contribution in [-0.2, 0) is 22.6 Å². The molecular weight excluding hydrogens is 376 g/mol. The number of aliphatic carboxylic acids is 1. The van der Waals surface area contributed by atoms with Crippen molar-refractivity contribution in [1.29, 1.82) is 0 Å². The molecule has 1 amide bonds. The van der Waals surface area contributed by atoms with Gasteiger partial charge in [-0.15, -0.1) is 12.4 Å². The topological polar surface area (TPSA) is 60.9 Å². The lowest BCUT2D eigenvalue weighted by atomic mass is 10.1. The summed E-state index contributed by atoms with van der Waals surface area (Å²) >= 11 is 0. The summed E-state index contributed by atoms with van der Waals surface area (Å²) in [4.78, 5) is 28.0. The summed E-state index contributed by atoms with van der Waals surface area (Å²) in [6, 6.07) is 19.5. The van der Waals surface area contributed by atoms with Gasteiger partial charge >= 0.3 is 5.97 Å². The lowest BCUT2D eigenvalue weighted by Gasteiger charge is -2.27. The van der Waals surface area contributed by atoms with Gasteiger partial charge in [-0.05, 0) is 36.9 Å². The Bertz CT molecular complexity index is 755. The van der Waals surface area contributed by atoms with Gasteiger partial charge in [0.1, 0.15) is 6.04 Å². The molecule has 6 heteroatoms. The second kappa shape index (κ2) is 10.8. The molecular formula is C22H27ClN2O3. The molecule has 3 rings (SSSR count). The minimum absolute atomic E-state index is 0. The largest absolute Gasteiger partial charge is 0.480 e. The van der Waals surface area contributed by atoms with Crippen LogP contribution in [0, 0.1) is 0 Å². The number of carbonyl (C=O) groups is 2. The maximum atomic E-state index is 13.0. The van der Waals surface area contributed by atoms with E-state index < -0.39 is 12.0 Å². The molecule has 1 aliphatic rings. The van der Waals surface area contributed by atoms with Crippen molar-refractivity contribution >= 4 is 24.3 Å². The number of amides is 1. The lowest BCUT2D eigenvalue weighted by Crippen LogP contribution is -2.45. The standard InChI is InChI=1S/C22H26N2O3.ClH/c25-21(17-23-14-7-12-20(23)22(26)27)24(16-19-10-5-2-6-11-19)15-13-18-8-3-1-4-9-18;/h1-6,8-11,20H,7,12-17H2,(H,26,27);1H/t20-;/m1./s1. The number of benzene rings is 2. The van der Waals surface area contributed by atoms with E-state index in [4.69, 9.17) is 0 Å². The molecule has 0 saturated carbocycles. The molecule has 1 N–H and O–H groups in total. The van der Waals surface area contributed by atoms with Crippen molar-refractivity contribution < 1.29 is 14.7 Å². The van der Waals surface area contributed by atoms with Crippen LogP contribution in [0.1, 0.15) is 24.0 Å². The molecule has 0 radical (unpaired) electrons. The molecule has 2 aromatic rings. The zero-order valence-corrected chi connectivity index (χ0v) is 16.7. The molecule has 1 atom stereocenters. The van der Waals surface area contributed by atoms with E-state index in [1.807, 2.05) is 53.4 Å². The van der Waals surface area contributed by atoms with Gasteiger partial charge in [-0.1, -0.05) is 60.7 Å². The fourth-order valence-electron chi connectivity index (χ4n) is 3.57. The van der Waals surface area contributed by atoms with E-state index >= 15 is 0 Å². The Morgan fingerprint density at radius 2 is 1.61 bits per heavy atom. The summed E-state index contributed by atoms with van der Waals surface area (Å²) < 4.78 is 0. The number of hydrogen-bond donors (Lipinski definition) is 1. The highest BCUT2D eigenvalue weighted by atomic mass is 35.5. The molecule has 0 bridgehead atoms. The third-order valence-electron chi connectivity index (χ3n) is 5.07. The first kappa shape index (κ1) is 21.9. The van der Waals surface area contributed by atoms with E-state index in [0.29, 0.717) is 26.1 Å². The number of hydrogen-bond acceptors (Lipinski definition) is 3. The van der Waals surface area contributed by atoms with Gasteiger partial charge in [-0.2, -0.15) is 0 Å². The highest BCUT2D eigenvalue weighted by molar-refractivity contribution is 5.85. The molecule has 0 aliphatic carbocycles. The molecule has 0 spiro atoms. The molecule has 1 heterocycles. The molecule has 5 nitrogen and oxygen atoms in total. The Hall–Kier alpha value is -2.37. The molecule has 0 aromatic heterocycles. The van der Waals surface area contributed by atoms with Gasteiger partial charge in [0.25, 0.3) is 0 Å². The van der Waals surface area contributed by atoms with Gasteiger partial charge < -0.3 is 10.0 Å². The zero-order chi connectivity index (χ0) is 19.1. The number of halogens is 1. The molecule has 28 heavy (non-hydrogen) atoms. The van der Waals surface area contributed by atoms with Crippen molar-refractivity contribution in [2.75, 3.05) is 19.6 Å². The second-order valence-electron chi connectivity index (χ2n) is 7.00. The van der Waals surface area contributed by atoms with E-state index in [2.05, 4.69) is 12.1 Å². The fraction of sp³-hybridized carbons (Fsp3) is 0.364. The number of rotatable bonds is 8. The molecule has 0 unspecified atom stereocenters. The minimum atomic E-state index is -0.834. The van der Waals surface area contributed by atoms with Crippen LogP contribution in [-0.4, -0.2) is 52.5 Å². The second-order valence-corrected chi connectivity index (χ2v) is 7.00. The maximum Gasteiger partial charge on any atom is 0.320 e. The predicted octanol–water partition coefficient (Wildman–Crippen LogP) is 3.23. The summed E-state index contributed by atoms with van der Waals surface area (Å²) in [6.07, 6.45) is 2.22. The van der Waals surface area contributed by atoms with Crippen molar-refractivity contribution in [3.8, 4) is 0 Å². The molecule has 1 saturated heterocycles. The van der Waals surface area contributed by atoms with Crippen LogP contribution in [0.5, 0.6) is 0 Å². The average Bonchev–Trinajstić information content (AvgIpc) is 3.15. The van der Waals surface area contributed by atoms with E-state index in [1.54, 1.807) is 4.90 Å². The first-order valence-corrected chi connectivity index (χ1v) is 9.46. The third-order valence-corrected chi connectivity index (χ3v) is 5.07. The summed E-state index contributed by atoms with van der Waals surface area (Å²) in [7, 11) is 0. The minimum Gasteiger partial charge on any atom is -0.480 e. The summed E-state index contributed by atoms with van der Waals surface area (Å²) in [5.74, 6) is -0.845. The molecule has 150 valence electrons. The van der Waals surface area contributed by atoms with Crippen LogP contribution >= 0.6 is 12.4 Å². The summed E-state index contributed by atoms with van der Waals surface area (Å²) in [5.41, 5.74) is 2.27. The SMILES string of the molecule is Cl.O=C(O)[C@H]1CCCN1CC(=O)N(CCc1ccccc1)Cc1ccccc1. The Morgan fingerprint density at radius 3 is 2.21 bits per heavy atom. The predicted molar refractivity (Wildman–Crippen MR) is 111 cm³/mol. The van der Waals surface area contributed by atoms with Gasteiger partial charge in [0.15, 0.2) is 0 Å². The van der Waals surface area contributed by atoms with Crippen LogP contribution < -0.4 is 0 Å². The van der Waals surface area contributed by atoms with Crippen LogP contribution in [0.25, 0.3) is 0 Å². The van der Waals surface area contributed by atoms with Gasteiger partial charge in [-0.25, -0.2) is 0 Å². The smallest absolute Gasteiger partial charge is 0.320 e. The molecule has 1 fully saturated rings. The van der Waals surface area contributed by atoms with Crippen LogP contribution in [0.2, 0.25) is 0 Å². The first-order valence-electron chi connectivity index (χ1n) is 9.46. The number of likely N-dealkylation sites (tertiary alicyclic amines) is 1. The number of carbonyl (C=O) groups excluding carboxylic acids is 1. The fourth-order valence-corrected chi connectivity index (χ4v) is 3.57. The first-order chi connectivity index (χ1) is 13.1. The highest BCUT2D eigenvalue weighted by Crippen LogP contribution is 2.18. The Balaban J connectivity index is 0.00000280. The normalized spacial score (nSPS) is 16.4. The average molecular weight is 403 g/mol. The van der Waals surface area contributed by atoms with Crippen molar-refractivity contribution in [3.05, 3.63) is 71.8 Å². The zero-order valence-electron chi connectivity index (χ0n) is 15.9. The van der Waals surface area contributed by atoms with E-state index in [0.717, 1.165) is 18.4 Å². The van der Waals surface area contributed by atoms with Gasteiger partial charge in [0, 0.05) is 13.1 Å². The van der Waals surface area contributed by atoms with Crippen molar-refractivity contribution in [2.24, 2.45) is 0 Å². The highest BCUT2D eigenvalue weighted by Gasteiger charge is 2.32. The van der Waals surface area contributed by atoms with Crippen LogP contribution in [0.3, 0.4) is 0 Å². The van der Waals surface area contributed by atoms with E-state index in [1.165, 1.54) is 5.56 Å². The summed E-state index contributed by atoms with van der Waals surface area (Å²) in [5, 5.41) is 9.36. The maximum absolute atomic E-state index is 13.0. The van der Waals surface area contributed by atoms with E-state index in [9.17, 15) is 14.7 Å². The van der Waals surface area contributed by atoms with Gasteiger partial charge in [0.2, 0.25) is 5.91 Å². The van der Waals surface area contributed by atoms with Crippen molar-refractivity contribution in [1.82, 2.24) is 9.80 Å². The quantitative estimate of drug-likeness (QED) is 0.736. The Kier molecular flexibility index (Phi) is 8.48. The number of carboxylic acid groups (broad SMARTS) is 1. The Labute approximate surface area is 172 Å². The monoisotopic (exact) mass is 402 g/mol. The van der Waals surface area contributed by atoms with Gasteiger partial charge in [-0.3, -0.25) is 14.5 Å². The van der Waals surface area contributed by atoms with Gasteiger partial charge in [0.05, 0.1) is 6.54 Å². The third kappa shape index (κ3) is 6.08. The van der Waals surface area contributed by atoms with Crippen molar-refractivity contribution in [2.45, 2.75) is 31.8 Å². The Morgan fingerprint density at radius 1 is 1.00 bits per heavy atom. The van der Waals surface area contributed by atoms with Crippen LogP contribution in [0.15, 0.2) is 60.7 Å². The van der Waals surface area contributed by atoms with Crippen molar-refractivity contribution in [3.63, 3.8) is 0 Å². The number of carboxylic acids is 1. The van der Waals surface area contributed by atoms with Crippen LogP contribution in [0.4, 0.5) is 0 Å². The lowest BCUT2D eigenvalue weighted by molar-refractivity contribution is -0.143. The van der Waals surface area contributed by atoms with E-state index in [-0.39, 0.29) is 24.9 Å². The summed E-state index contributed by atoms with van der Waals surface area (Å²) in [6.45, 7) is 1.99. The number of nitrogens with zero attached hydrogens (tertiary/aromatic N) is 2. The molecule has 2 aromatic carbocycles. The molecule has 1 aliphatic heterocycles.